The number of nitrogens with one attached hydrogen (secondary N) is 1. The van der Waals surface area contributed by atoms with Crippen LogP contribution >= 0.6 is 0 Å². The average molecular weight is 316 g/mol. The first-order valence-corrected chi connectivity index (χ1v) is 7.69. The Balaban J connectivity index is 2.81. The number of aryl methyl sites for hydroxylation is 1. The van der Waals surface area contributed by atoms with Crippen LogP contribution in [0.5, 0.6) is 0 Å². The number of carbonyl (C=O) groups excluding carboxylic acids is 1. The van der Waals surface area contributed by atoms with Crippen molar-refractivity contribution >= 4 is 15.9 Å². The topological polar surface area (TPSA) is 95.9 Å². The van der Waals surface area contributed by atoms with E-state index in [0.29, 0.717) is 0 Å². The first kappa shape index (κ1) is 17.6. The van der Waals surface area contributed by atoms with E-state index in [-0.39, 0.29) is 4.90 Å². The lowest BCUT2D eigenvalue weighted by Crippen LogP contribution is -2.52. The second-order valence-electron chi connectivity index (χ2n) is 4.90. The van der Waals surface area contributed by atoms with Gasteiger partial charge in [-0.3, -0.25) is 9.63 Å². The van der Waals surface area contributed by atoms with Gasteiger partial charge in [0.05, 0.1) is 12.0 Å². The molecule has 0 aromatic heterocycles. The minimum atomic E-state index is -3.80. The zero-order valence-electron chi connectivity index (χ0n) is 12.5. The van der Waals surface area contributed by atoms with Gasteiger partial charge in [0.15, 0.2) is 5.60 Å². The molecule has 1 aromatic rings. The maximum Gasteiger partial charge on any atom is 0.278 e. The van der Waals surface area contributed by atoms with Gasteiger partial charge in [-0.15, -0.1) is 0 Å². The number of hydrogen-bond donors (Lipinski definition) is 2. The summed E-state index contributed by atoms with van der Waals surface area (Å²) in [5.74, 6) is -0.753. The van der Waals surface area contributed by atoms with E-state index >= 15 is 0 Å². The molecule has 0 aliphatic heterocycles. The van der Waals surface area contributed by atoms with Crippen LogP contribution in [0.4, 0.5) is 0 Å². The first-order chi connectivity index (χ1) is 9.60. The van der Waals surface area contributed by atoms with Gasteiger partial charge in [0.1, 0.15) is 0 Å². The van der Waals surface area contributed by atoms with Gasteiger partial charge in [-0.25, -0.2) is 18.2 Å². The van der Waals surface area contributed by atoms with E-state index in [4.69, 9.17) is 0 Å². The highest BCUT2D eigenvalue weighted by atomic mass is 32.2. The monoisotopic (exact) mass is 316 g/mol. The van der Waals surface area contributed by atoms with Crippen LogP contribution in [0.2, 0.25) is 0 Å². The van der Waals surface area contributed by atoms with Gasteiger partial charge in [0, 0.05) is 13.6 Å². The van der Waals surface area contributed by atoms with Crippen LogP contribution in [0.3, 0.4) is 0 Å². The van der Waals surface area contributed by atoms with E-state index < -0.39 is 28.1 Å². The molecule has 0 heterocycles. The third kappa shape index (κ3) is 4.50. The minimum Gasteiger partial charge on any atom is -0.379 e. The summed E-state index contributed by atoms with van der Waals surface area (Å²) in [6.45, 7) is 2.59. The van der Waals surface area contributed by atoms with Crippen molar-refractivity contribution in [2.45, 2.75) is 24.3 Å². The number of likely N-dealkylation sites (N-methyl/N-ethyl adjacent to an activating group) is 1. The SMILES string of the molecule is CON(C)C(=O)C(C)(O)CNS(=O)(=O)c1ccc(C)cc1. The Bertz CT molecular complexity index is 595. The second-order valence-corrected chi connectivity index (χ2v) is 6.66. The maximum atomic E-state index is 12.1. The normalized spacial score (nSPS) is 14.5. The second kappa shape index (κ2) is 6.52. The number of hydrogen-bond acceptors (Lipinski definition) is 5. The summed E-state index contributed by atoms with van der Waals surface area (Å²) >= 11 is 0. The Kier molecular flexibility index (Phi) is 5.46. The van der Waals surface area contributed by atoms with Gasteiger partial charge in [0.2, 0.25) is 10.0 Å². The molecule has 0 aliphatic rings. The fourth-order valence-electron chi connectivity index (χ4n) is 1.53. The predicted octanol–water partition coefficient (Wildman–Crippen LogP) is 0.0441. The van der Waals surface area contributed by atoms with Crippen molar-refractivity contribution in [2.75, 3.05) is 20.7 Å². The molecule has 1 unspecified atom stereocenters. The lowest BCUT2D eigenvalue weighted by molar-refractivity contribution is -0.186. The van der Waals surface area contributed by atoms with Gasteiger partial charge in [0.25, 0.3) is 5.91 Å². The van der Waals surface area contributed by atoms with Crippen molar-refractivity contribution < 1.29 is 23.2 Å². The molecule has 1 atom stereocenters. The number of aliphatic hydroxyl groups is 1. The van der Waals surface area contributed by atoms with Crippen molar-refractivity contribution in [3.63, 3.8) is 0 Å². The summed E-state index contributed by atoms with van der Waals surface area (Å²) in [6, 6.07) is 6.23. The average Bonchev–Trinajstić information content (AvgIpc) is 2.44. The molecule has 1 rings (SSSR count). The Morgan fingerprint density at radius 3 is 2.38 bits per heavy atom. The number of hydroxylamine groups is 2. The molecule has 1 aromatic carbocycles. The summed E-state index contributed by atoms with van der Waals surface area (Å²) < 4.78 is 26.4. The lowest BCUT2D eigenvalue weighted by Gasteiger charge is -2.26. The van der Waals surface area contributed by atoms with Crippen molar-refractivity contribution in [3.8, 4) is 0 Å². The molecule has 0 spiro atoms. The van der Waals surface area contributed by atoms with Crippen LogP contribution in [-0.4, -0.2) is 50.8 Å². The molecule has 0 aliphatic carbocycles. The first-order valence-electron chi connectivity index (χ1n) is 6.21. The number of carbonyl (C=O) groups is 1. The highest BCUT2D eigenvalue weighted by molar-refractivity contribution is 7.89. The van der Waals surface area contributed by atoms with Gasteiger partial charge in [-0.2, -0.15) is 0 Å². The molecule has 0 saturated heterocycles. The van der Waals surface area contributed by atoms with Crippen molar-refractivity contribution in [1.82, 2.24) is 9.79 Å². The van der Waals surface area contributed by atoms with Crippen LogP contribution < -0.4 is 4.72 Å². The zero-order valence-corrected chi connectivity index (χ0v) is 13.3. The Labute approximate surface area is 124 Å². The number of rotatable bonds is 6. The smallest absolute Gasteiger partial charge is 0.278 e. The molecule has 118 valence electrons. The molecule has 7 nitrogen and oxygen atoms in total. The fraction of sp³-hybridized carbons (Fsp3) is 0.462. The number of nitrogens with zero attached hydrogens (tertiary/aromatic N) is 1. The number of sulfonamides is 1. The predicted molar refractivity (Wildman–Crippen MR) is 76.8 cm³/mol. The maximum absolute atomic E-state index is 12.1. The minimum absolute atomic E-state index is 0.0662. The number of amides is 1. The summed E-state index contributed by atoms with van der Waals surface area (Å²) in [5.41, 5.74) is -0.986. The van der Waals surface area contributed by atoms with Gasteiger partial charge in [-0.05, 0) is 26.0 Å². The van der Waals surface area contributed by atoms with E-state index in [2.05, 4.69) is 9.56 Å². The molecular weight excluding hydrogens is 296 g/mol. The summed E-state index contributed by atoms with van der Waals surface area (Å²) in [7, 11) is -1.20. The van der Waals surface area contributed by atoms with Crippen molar-refractivity contribution in [1.29, 1.82) is 0 Å². The molecule has 1 amide bonds. The molecule has 0 saturated carbocycles. The molecule has 2 N–H and O–H groups in total. The third-order valence-electron chi connectivity index (χ3n) is 2.96. The summed E-state index contributed by atoms with van der Waals surface area (Å²) in [6.07, 6.45) is 0. The molecule has 0 fully saturated rings. The standard InChI is InChI=1S/C13H20N2O5S/c1-10-5-7-11(8-6-10)21(18,19)14-9-13(2,17)12(16)15(3)20-4/h5-8,14,17H,9H2,1-4H3. The number of benzene rings is 1. The van der Waals surface area contributed by atoms with Crippen LogP contribution in [0.1, 0.15) is 12.5 Å². The summed E-state index contributed by atoms with van der Waals surface area (Å²) in [5, 5.41) is 10.9. The summed E-state index contributed by atoms with van der Waals surface area (Å²) in [4.78, 5) is 16.6. The Morgan fingerprint density at radius 1 is 1.38 bits per heavy atom. The Hall–Kier alpha value is -1.48. The van der Waals surface area contributed by atoms with Crippen molar-refractivity contribution in [2.24, 2.45) is 0 Å². The quantitative estimate of drug-likeness (QED) is 0.723. The van der Waals surface area contributed by atoms with E-state index in [1.54, 1.807) is 12.1 Å². The molecule has 21 heavy (non-hydrogen) atoms. The highest BCUT2D eigenvalue weighted by Crippen LogP contribution is 2.12. The molecule has 8 heteroatoms. The van der Waals surface area contributed by atoms with Crippen LogP contribution in [0.25, 0.3) is 0 Å². The van der Waals surface area contributed by atoms with Crippen LogP contribution in [0, 0.1) is 6.92 Å². The van der Waals surface area contributed by atoms with E-state index in [0.717, 1.165) is 10.6 Å². The van der Waals surface area contributed by atoms with E-state index in [1.165, 1.54) is 33.2 Å². The lowest BCUT2D eigenvalue weighted by atomic mass is 10.1. The fourth-order valence-corrected chi connectivity index (χ4v) is 2.67. The molecule has 0 bridgehead atoms. The van der Waals surface area contributed by atoms with Gasteiger partial charge < -0.3 is 5.11 Å². The van der Waals surface area contributed by atoms with Gasteiger partial charge >= 0.3 is 0 Å². The molecular formula is C13H20N2O5S. The molecule has 0 radical (unpaired) electrons. The van der Waals surface area contributed by atoms with Gasteiger partial charge in [-0.1, -0.05) is 17.7 Å². The largest absolute Gasteiger partial charge is 0.379 e. The van der Waals surface area contributed by atoms with Crippen LogP contribution in [-0.2, 0) is 19.7 Å². The third-order valence-corrected chi connectivity index (χ3v) is 4.38. The Morgan fingerprint density at radius 2 is 1.90 bits per heavy atom. The van der Waals surface area contributed by atoms with E-state index in [1.807, 2.05) is 6.92 Å². The highest BCUT2D eigenvalue weighted by Gasteiger charge is 2.35. The zero-order chi connectivity index (χ0) is 16.3. The van der Waals surface area contributed by atoms with Crippen LogP contribution in [0.15, 0.2) is 29.2 Å². The van der Waals surface area contributed by atoms with Crippen molar-refractivity contribution in [3.05, 3.63) is 29.8 Å². The van der Waals surface area contributed by atoms with E-state index in [9.17, 15) is 18.3 Å².